The van der Waals surface area contributed by atoms with E-state index in [1.54, 1.807) is 38.1 Å². The number of hydrogen-bond donors (Lipinski definition) is 2. The first-order valence-electron chi connectivity index (χ1n) is 5.71. The van der Waals surface area contributed by atoms with Crippen LogP contribution in [0.2, 0.25) is 5.02 Å². The van der Waals surface area contributed by atoms with Gasteiger partial charge in [-0.1, -0.05) is 17.7 Å². The van der Waals surface area contributed by atoms with Crippen LogP contribution >= 0.6 is 11.6 Å². The molecule has 0 bridgehead atoms. The molecule has 100 valence electrons. The summed E-state index contributed by atoms with van der Waals surface area (Å²) < 4.78 is 0. The predicted molar refractivity (Wildman–Crippen MR) is 70.7 cm³/mol. The van der Waals surface area contributed by atoms with Crippen LogP contribution in [0.25, 0.3) is 0 Å². The van der Waals surface area contributed by atoms with Crippen molar-refractivity contribution >= 4 is 17.5 Å². The van der Waals surface area contributed by atoms with Crippen LogP contribution in [-0.4, -0.2) is 46.3 Å². The first kappa shape index (κ1) is 15.0. The van der Waals surface area contributed by atoms with Crippen molar-refractivity contribution in [2.75, 3.05) is 19.8 Å². The first-order valence-corrected chi connectivity index (χ1v) is 6.09. The third-order valence-electron chi connectivity index (χ3n) is 2.76. The van der Waals surface area contributed by atoms with Gasteiger partial charge in [0, 0.05) is 17.1 Å². The molecule has 0 unspecified atom stereocenters. The molecule has 0 fully saturated rings. The van der Waals surface area contributed by atoms with Gasteiger partial charge in [0.25, 0.3) is 5.91 Å². The number of aliphatic hydroxyl groups excluding tert-OH is 2. The molecular formula is C13H18ClNO3. The fraction of sp³-hybridized carbons (Fsp3) is 0.462. The average Bonchev–Trinajstić information content (AvgIpc) is 2.35. The fourth-order valence-corrected chi connectivity index (χ4v) is 1.83. The Hall–Kier alpha value is -1.10. The second kappa shape index (κ2) is 6.18. The molecule has 1 amide bonds. The third kappa shape index (κ3) is 3.45. The topological polar surface area (TPSA) is 60.8 Å². The molecule has 5 heteroatoms. The number of rotatable bonds is 5. The maximum Gasteiger partial charge on any atom is 0.254 e. The van der Waals surface area contributed by atoms with Gasteiger partial charge >= 0.3 is 0 Å². The summed E-state index contributed by atoms with van der Waals surface area (Å²) in [4.78, 5) is 13.8. The summed E-state index contributed by atoms with van der Waals surface area (Å²) in [5.41, 5.74) is -0.292. The molecule has 0 saturated heterocycles. The van der Waals surface area contributed by atoms with Crippen LogP contribution in [0.4, 0.5) is 0 Å². The summed E-state index contributed by atoms with van der Waals surface area (Å²) in [7, 11) is 0. The fourth-order valence-electron chi connectivity index (χ4n) is 1.64. The van der Waals surface area contributed by atoms with E-state index < -0.39 is 5.54 Å². The Bertz CT molecular complexity index is 420. The van der Waals surface area contributed by atoms with Crippen LogP contribution < -0.4 is 0 Å². The molecule has 0 aromatic heterocycles. The quantitative estimate of drug-likeness (QED) is 0.854. The molecule has 0 aliphatic rings. The maximum atomic E-state index is 12.3. The summed E-state index contributed by atoms with van der Waals surface area (Å²) in [6, 6.07) is 6.61. The van der Waals surface area contributed by atoms with E-state index in [2.05, 4.69) is 0 Å². The van der Waals surface area contributed by atoms with Crippen molar-refractivity contribution in [3.8, 4) is 0 Å². The molecule has 0 saturated carbocycles. The van der Waals surface area contributed by atoms with Crippen LogP contribution in [0.3, 0.4) is 0 Å². The normalized spacial score (nSPS) is 11.4. The van der Waals surface area contributed by atoms with Gasteiger partial charge in [-0.2, -0.15) is 0 Å². The van der Waals surface area contributed by atoms with E-state index in [9.17, 15) is 9.90 Å². The Balaban J connectivity index is 3.03. The van der Waals surface area contributed by atoms with Crippen LogP contribution in [0.5, 0.6) is 0 Å². The lowest BCUT2D eigenvalue weighted by Crippen LogP contribution is -2.51. The van der Waals surface area contributed by atoms with E-state index in [-0.39, 0.29) is 25.7 Å². The smallest absolute Gasteiger partial charge is 0.254 e. The SMILES string of the molecule is CC(C)(CO)N(CCO)C(=O)c1cccc(Cl)c1. The Morgan fingerprint density at radius 3 is 2.56 bits per heavy atom. The maximum absolute atomic E-state index is 12.3. The van der Waals surface area contributed by atoms with E-state index in [1.807, 2.05) is 0 Å². The molecule has 1 aromatic rings. The van der Waals surface area contributed by atoms with Crippen LogP contribution in [-0.2, 0) is 0 Å². The van der Waals surface area contributed by atoms with E-state index in [1.165, 1.54) is 4.90 Å². The average molecular weight is 272 g/mol. The highest BCUT2D eigenvalue weighted by molar-refractivity contribution is 6.30. The summed E-state index contributed by atoms with van der Waals surface area (Å²) in [6.45, 7) is 3.31. The number of hydrogen-bond acceptors (Lipinski definition) is 3. The molecule has 0 spiro atoms. The molecule has 2 N–H and O–H groups in total. The van der Waals surface area contributed by atoms with Crippen molar-refractivity contribution in [1.29, 1.82) is 0 Å². The monoisotopic (exact) mass is 271 g/mol. The molecule has 0 heterocycles. The van der Waals surface area contributed by atoms with E-state index in [4.69, 9.17) is 16.7 Å². The molecule has 1 aromatic carbocycles. The van der Waals surface area contributed by atoms with Gasteiger partial charge in [-0.3, -0.25) is 4.79 Å². The van der Waals surface area contributed by atoms with Crippen molar-refractivity contribution in [2.45, 2.75) is 19.4 Å². The van der Waals surface area contributed by atoms with Crippen molar-refractivity contribution in [3.63, 3.8) is 0 Å². The summed E-state index contributed by atoms with van der Waals surface area (Å²) in [5, 5.41) is 18.9. The lowest BCUT2D eigenvalue weighted by atomic mass is 10.0. The highest BCUT2D eigenvalue weighted by Gasteiger charge is 2.30. The molecular weight excluding hydrogens is 254 g/mol. The summed E-state index contributed by atoms with van der Waals surface area (Å²) in [5.74, 6) is -0.259. The number of carbonyl (C=O) groups is 1. The van der Waals surface area contributed by atoms with Crippen LogP contribution in [0, 0.1) is 0 Å². The van der Waals surface area contributed by atoms with Gasteiger partial charge in [-0.25, -0.2) is 0 Å². The zero-order valence-electron chi connectivity index (χ0n) is 10.6. The second-order valence-electron chi connectivity index (χ2n) is 4.66. The second-order valence-corrected chi connectivity index (χ2v) is 5.10. The molecule has 1 rings (SSSR count). The van der Waals surface area contributed by atoms with Crippen LogP contribution in [0.1, 0.15) is 24.2 Å². The van der Waals surface area contributed by atoms with E-state index >= 15 is 0 Å². The molecule has 0 radical (unpaired) electrons. The first-order chi connectivity index (χ1) is 8.42. The highest BCUT2D eigenvalue weighted by atomic mass is 35.5. The number of nitrogens with zero attached hydrogens (tertiary/aromatic N) is 1. The lowest BCUT2D eigenvalue weighted by molar-refractivity contribution is 0.0308. The molecule has 18 heavy (non-hydrogen) atoms. The summed E-state index contributed by atoms with van der Waals surface area (Å²) >= 11 is 5.85. The number of amides is 1. The molecule has 0 aliphatic carbocycles. The number of aliphatic hydroxyl groups is 2. The highest BCUT2D eigenvalue weighted by Crippen LogP contribution is 2.19. The minimum absolute atomic E-state index is 0.157. The summed E-state index contributed by atoms with van der Waals surface area (Å²) in [6.07, 6.45) is 0. The van der Waals surface area contributed by atoms with Gasteiger partial charge in [-0.05, 0) is 32.0 Å². The Kier molecular flexibility index (Phi) is 5.14. The molecule has 0 atom stereocenters. The van der Waals surface area contributed by atoms with Crippen LogP contribution in [0.15, 0.2) is 24.3 Å². The van der Waals surface area contributed by atoms with Gasteiger partial charge in [0.1, 0.15) is 0 Å². The van der Waals surface area contributed by atoms with Gasteiger partial charge in [0.15, 0.2) is 0 Å². The number of β-amino-alcohol motifs (C(OH)–C–C–N with tert-alkyl or cyclic N) is 1. The van der Waals surface area contributed by atoms with Gasteiger partial charge < -0.3 is 15.1 Å². The number of benzene rings is 1. The zero-order valence-corrected chi connectivity index (χ0v) is 11.3. The Labute approximate surface area is 112 Å². The largest absolute Gasteiger partial charge is 0.395 e. The van der Waals surface area contributed by atoms with Crippen molar-refractivity contribution in [2.24, 2.45) is 0 Å². The Morgan fingerprint density at radius 1 is 1.39 bits per heavy atom. The molecule has 0 aliphatic heterocycles. The van der Waals surface area contributed by atoms with Gasteiger partial charge in [-0.15, -0.1) is 0 Å². The lowest BCUT2D eigenvalue weighted by Gasteiger charge is -2.37. The Morgan fingerprint density at radius 2 is 2.06 bits per heavy atom. The van der Waals surface area contributed by atoms with Crippen molar-refractivity contribution in [3.05, 3.63) is 34.9 Å². The predicted octanol–water partition coefficient (Wildman–Crippen LogP) is 1.55. The minimum Gasteiger partial charge on any atom is -0.395 e. The number of halogens is 1. The number of carbonyl (C=O) groups excluding carboxylic acids is 1. The van der Waals surface area contributed by atoms with Gasteiger partial charge in [0.05, 0.1) is 18.8 Å². The van der Waals surface area contributed by atoms with Gasteiger partial charge in [0.2, 0.25) is 0 Å². The minimum atomic E-state index is -0.734. The standard InChI is InChI=1S/C13H18ClNO3/c1-13(2,9-17)15(6-7-16)12(18)10-4-3-5-11(14)8-10/h3-5,8,16-17H,6-7,9H2,1-2H3. The van der Waals surface area contributed by atoms with Crippen molar-refractivity contribution < 1.29 is 15.0 Å². The van der Waals surface area contributed by atoms with E-state index in [0.29, 0.717) is 10.6 Å². The third-order valence-corrected chi connectivity index (χ3v) is 2.99. The molecule has 4 nitrogen and oxygen atoms in total. The van der Waals surface area contributed by atoms with Crippen molar-refractivity contribution in [1.82, 2.24) is 4.90 Å². The van der Waals surface area contributed by atoms with E-state index in [0.717, 1.165) is 0 Å². The zero-order chi connectivity index (χ0) is 13.8.